The van der Waals surface area contributed by atoms with E-state index < -0.39 is 0 Å². The van der Waals surface area contributed by atoms with Gasteiger partial charge in [-0.2, -0.15) is 0 Å². The van der Waals surface area contributed by atoms with Crippen molar-refractivity contribution in [1.29, 1.82) is 0 Å². The highest BCUT2D eigenvalue weighted by atomic mass is 32.1. The first-order chi connectivity index (χ1) is 8.69. The number of ether oxygens (including phenoxy) is 1. The van der Waals surface area contributed by atoms with Gasteiger partial charge in [-0.1, -0.05) is 0 Å². The lowest BCUT2D eigenvalue weighted by Gasteiger charge is -2.16. The minimum absolute atomic E-state index is 0.343. The number of aryl methyl sites for hydroxylation is 2. The highest BCUT2D eigenvalue weighted by molar-refractivity contribution is 7.17. The largest absolute Gasteiger partial charge is 0.497 e. The molecule has 0 fully saturated rings. The summed E-state index contributed by atoms with van der Waals surface area (Å²) in [5.41, 5.74) is 9.05. The van der Waals surface area contributed by atoms with Crippen LogP contribution in [0, 0.1) is 0 Å². The molecule has 4 heteroatoms. The molecule has 1 aliphatic carbocycles. The summed E-state index contributed by atoms with van der Waals surface area (Å²) in [7, 11) is 1.67. The van der Waals surface area contributed by atoms with Crippen molar-refractivity contribution in [3.63, 3.8) is 0 Å². The monoisotopic (exact) mass is 259 g/mol. The third-order valence-electron chi connectivity index (χ3n) is 3.27. The molecule has 1 amide bonds. The summed E-state index contributed by atoms with van der Waals surface area (Å²) in [6.07, 6.45) is 1.94. The van der Waals surface area contributed by atoms with Crippen molar-refractivity contribution < 1.29 is 9.53 Å². The van der Waals surface area contributed by atoms with E-state index in [2.05, 4.69) is 12.1 Å². The molecule has 1 aromatic carbocycles. The number of benzene rings is 1. The quantitative estimate of drug-likeness (QED) is 0.901. The average Bonchev–Trinajstić information content (AvgIpc) is 2.82. The van der Waals surface area contributed by atoms with Gasteiger partial charge < -0.3 is 10.5 Å². The van der Waals surface area contributed by atoms with E-state index in [9.17, 15) is 4.79 Å². The van der Waals surface area contributed by atoms with Gasteiger partial charge in [0, 0.05) is 4.88 Å². The standard InChI is InChI=1S/C14H13NO2S/c1-17-10-4-5-11-8(6-10)2-3-9-7-12(14(15)16)18-13(9)11/h4-7H,2-3H2,1H3,(H2,15,16). The molecule has 0 bridgehead atoms. The van der Waals surface area contributed by atoms with Gasteiger partial charge in [0.05, 0.1) is 12.0 Å². The van der Waals surface area contributed by atoms with Gasteiger partial charge in [0.25, 0.3) is 5.91 Å². The number of amides is 1. The molecule has 1 aromatic heterocycles. The molecule has 1 heterocycles. The fourth-order valence-corrected chi connectivity index (χ4v) is 3.48. The number of primary amides is 1. The molecule has 0 saturated carbocycles. The lowest BCUT2D eigenvalue weighted by Crippen LogP contribution is -2.08. The molecule has 0 aliphatic heterocycles. The summed E-state index contributed by atoms with van der Waals surface area (Å²) in [4.78, 5) is 13.1. The van der Waals surface area contributed by atoms with E-state index in [0.29, 0.717) is 4.88 Å². The Balaban J connectivity index is 2.13. The van der Waals surface area contributed by atoms with E-state index in [-0.39, 0.29) is 5.91 Å². The van der Waals surface area contributed by atoms with Crippen molar-refractivity contribution in [2.24, 2.45) is 5.73 Å². The zero-order chi connectivity index (χ0) is 12.7. The molecular weight excluding hydrogens is 246 g/mol. The maximum atomic E-state index is 11.2. The minimum atomic E-state index is -0.343. The molecule has 3 nitrogen and oxygen atoms in total. The first-order valence-electron chi connectivity index (χ1n) is 5.79. The van der Waals surface area contributed by atoms with E-state index >= 15 is 0 Å². The Morgan fingerprint density at radius 3 is 2.78 bits per heavy atom. The zero-order valence-corrected chi connectivity index (χ0v) is 10.8. The number of fused-ring (bicyclic) bond motifs is 3. The number of carbonyl (C=O) groups excluding carboxylic acids is 1. The van der Waals surface area contributed by atoms with Gasteiger partial charge >= 0.3 is 0 Å². The van der Waals surface area contributed by atoms with Crippen LogP contribution in [-0.4, -0.2) is 13.0 Å². The van der Waals surface area contributed by atoms with Crippen molar-refractivity contribution in [2.45, 2.75) is 12.8 Å². The highest BCUT2D eigenvalue weighted by Crippen LogP contribution is 2.40. The Kier molecular flexibility index (Phi) is 2.59. The molecule has 2 N–H and O–H groups in total. The van der Waals surface area contributed by atoms with Crippen LogP contribution < -0.4 is 10.5 Å². The third-order valence-corrected chi connectivity index (χ3v) is 4.50. The van der Waals surface area contributed by atoms with Crippen molar-refractivity contribution in [3.05, 3.63) is 40.3 Å². The summed E-state index contributed by atoms with van der Waals surface area (Å²) in [6, 6.07) is 8.02. The molecular formula is C14H13NO2S. The van der Waals surface area contributed by atoms with Crippen molar-refractivity contribution in [1.82, 2.24) is 0 Å². The number of thiophene rings is 1. The SMILES string of the molecule is COc1ccc2c(c1)CCc1cc(C(N)=O)sc1-2. The first kappa shape index (κ1) is 11.3. The summed E-state index contributed by atoms with van der Waals surface area (Å²) in [5.74, 6) is 0.536. The molecule has 0 unspecified atom stereocenters. The molecule has 0 radical (unpaired) electrons. The lowest BCUT2D eigenvalue weighted by molar-refractivity contribution is 0.100. The minimum Gasteiger partial charge on any atom is -0.497 e. The topological polar surface area (TPSA) is 52.3 Å². The molecule has 1 aliphatic rings. The van der Waals surface area contributed by atoms with Crippen molar-refractivity contribution >= 4 is 17.2 Å². The second-order valence-corrected chi connectivity index (χ2v) is 5.40. The maximum absolute atomic E-state index is 11.2. The van der Waals surface area contributed by atoms with Crippen molar-refractivity contribution in [2.75, 3.05) is 7.11 Å². The fourth-order valence-electron chi connectivity index (χ4n) is 2.36. The third kappa shape index (κ3) is 1.69. The Morgan fingerprint density at radius 2 is 2.06 bits per heavy atom. The van der Waals surface area contributed by atoms with Crippen LogP contribution in [0.2, 0.25) is 0 Å². The van der Waals surface area contributed by atoms with Gasteiger partial charge in [-0.25, -0.2) is 0 Å². The van der Waals surface area contributed by atoms with Crippen LogP contribution in [0.25, 0.3) is 10.4 Å². The van der Waals surface area contributed by atoms with Crippen LogP contribution in [0.3, 0.4) is 0 Å². The van der Waals surface area contributed by atoms with Crippen LogP contribution >= 0.6 is 11.3 Å². The normalized spacial score (nSPS) is 12.7. The number of rotatable bonds is 2. The van der Waals surface area contributed by atoms with Crippen LogP contribution in [0.1, 0.15) is 20.8 Å². The van der Waals surface area contributed by atoms with Gasteiger partial charge in [-0.05, 0) is 53.8 Å². The Morgan fingerprint density at radius 1 is 1.28 bits per heavy atom. The van der Waals surface area contributed by atoms with Crippen molar-refractivity contribution in [3.8, 4) is 16.2 Å². The second kappa shape index (κ2) is 4.14. The number of hydrogen-bond donors (Lipinski definition) is 1. The summed E-state index contributed by atoms with van der Waals surface area (Å²) in [5, 5.41) is 0. The summed E-state index contributed by atoms with van der Waals surface area (Å²) < 4.78 is 5.24. The number of nitrogens with two attached hydrogens (primary N) is 1. The van der Waals surface area contributed by atoms with E-state index in [4.69, 9.17) is 10.5 Å². The Labute approximate surface area is 109 Å². The molecule has 18 heavy (non-hydrogen) atoms. The second-order valence-electron chi connectivity index (χ2n) is 4.35. The zero-order valence-electron chi connectivity index (χ0n) is 10.0. The Bertz CT molecular complexity index is 631. The maximum Gasteiger partial charge on any atom is 0.258 e. The molecule has 2 aromatic rings. The average molecular weight is 259 g/mol. The molecule has 0 spiro atoms. The van der Waals surface area contributed by atoms with Gasteiger partial charge in [0.2, 0.25) is 0 Å². The van der Waals surface area contributed by atoms with Gasteiger partial charge in [-0.15, -0.1) is 11.3 Å². The molecule has 3 rings (SSSR count). The summed E-state index contributed by atoms with van der Waals surface area (Å²) in [6.45, 7) is 0. The summed E-state index contributed by atoms with van der Waals surface area (Å²) >= 11 is 1.48. The van der Waals surface area contributed by atoms with Gasteiger partial charge in [0.1, 0.15) is 5.75 Å². The number of methoxy groups -OCH3 is 1. The van der Waals surface area contributed by atoms with Crippen LogP contribution in [0.5, 0.6) is 5.75 Å². The van der Waals surface area contributed by atoms with Crippen LogP contribution in [0.4, 0.5) is 0 Å². The van der Waals surface area contributed by atoms with E-state index in [1.54, 1.807) is 7.11 Å². The molecule has 92 valence electrons. The van der Waals surface area contributed by atoms with E-state index in [1.165, 1.54) is 32.9 Å². The smallest absolute Gasteiger partial charge is 0.258 e. The van der Waals surface area contributed by atoms with Crippen LogP contribution in [0.15, 0.2) is 24.3 Å². The van der Waals surface area contributed by atoms with E-state index in [0.717, 1.165) is 18.6 Å². The lowest BCUT2D eigenvalue weighted by atomic mass is 9.91. The highest BCUT2D eigenvalue weighted by Gasteiger charge is 2.21. The van der Waals surface area contributed by atoms with Crippen LogP contribution in [-0.2, 0) is 12.8 Å². The Hall–Kier alpha value is -1.81. The fraction of sp³-hybridized carbons (Fsp3) is 0.214. The first-order valence-corrected chi connectivity index (χ1v) is 6.60. The molecule has 0 atom stereocenters. The van der Waals surface area contributed by atoms with Gasteiger partial charge in [0.15, 0.2) is 0 Å². The van der Waals surface area contributed by atoms with E-state index in [1.807, 2.05) is 12.1 Å². The molecule has 0 saturated heterocycles. The predicted octanol–water partition coefficient (Wildman–Crippen LogP) is 2.62. The number of hydrogen-bond acceptors (Lipinski definition) is 3. The number of carbonyl (C=O) groups is 1. The van der Waals surface area contributed by atoms with Gasteiger partial charge in [-0.3, -0.25) is 4.79 Å². The predicted molar refractivity (Wildman–Crippen MR) is 72.2 cm³/mol.